The van der Waals surface area contributed by atoms with Gasteiger partial charge in [-0.2, -0.15) is 5.26 Å². The van der Waals surface area contributed by atoms with Crippen LogP contribution in [0.15, 0.2) is 18.2 Å². The predicted octanol–water partition coefficient (Wildman–Crippen LogP) is 4.25. The van der Waals surface area contributed by atoms with Crippen LogP contribution in [-0.4, -0.2) is 24.9 Å². The number of halogens is 1. The molecule has 1 unspecified atom stereocenters. The Labute approximate surface area is 137 Å². The smallest absolute Gasteiger partial charge is 0.138 e. The minimum absolute atomic E-state index is 0.168. The van der Waals surface area contributed by atoms with Crippen LogP contribution in [0.25, 0.3) is 0 Å². The zero-order valence-corrected chi connectivity index (χ0v) is 14.3. The molecule has 1 fully saturated rings. The summed E-state index contributed by atoms with van der Waals surface area (Å²) in [6, 6.07) is 7.87. The largest absolute Gasteiger partial charge is 0.489 e. The Morgan fingerprint density at radius 2 is 2.05 bits per heavy atom. The third kappa shape index (κ3) is 3.66. The number of nitrogens with one attached hydrogen (secondary N) is 1. The molecule has 0 saturated heterocycles. The fourth-order valence-corrected chi connectivity index (χ4v) is 2.49. The van der Waals surface area contributed by atoms with Crippen molar-refractivity contribution in [3.05, 3.63) is 23.2 Å². The maximum Gasteiger partial charge on any atom is 0.138 e. The van der Waals surface area contributed by atoms with Crippen LogP contribution >= 0.6 is 11.6 Å². The first kappa shape index (κ1) is 16.9. The van der Waals surface area contributed by atoms with Crippen LogP contribution in [0.1, 0.15) is 33.6 Å². The summed E-state index contributed by atoms with van der Waals surface area (Å²) in [7, 11) is 1.72. The number of methoxy groups -OCH3 is 1. The number of benzene rings is 1. The van der Waals surface area contributed by atoms with E-state index in [2.05, 4.69) is 11.4 Å². The molecule has 1 aliphatic carbocycles. The second-order valence-electron chi connectivity index (χ2n) is 6.31. The average molecular weight is 323 g/mol. The van der Waals surface area contributed by atoms with Gasteiger partial charge in [-0.15, -0.1) is 0 Å². The van der Waals surface area contributed by atoms with Gasteiger partial charge in [0.2, 0.25) is 0 Å². The average Bonchev–Trinajstić information content (AvgIpc) is 2.43. The minimum atomic E-state index is -0.634. The van der Waals surface area contributed by atoms with E-state index in [4.69, 9.17) is 21.1 Å². The molecule has 0 spiro atoms. The molecule has 1 N–H and O–H groups in total. The summed E-state index contributed by atoms with van der Waals surface area (Å²) in [6.45, 7) is 5.91. The lowest BCUT2D eigenvalue weighted by molar-refractivity contribution is -0.0380. The maximum atomic E-state index is 9.37. The van der Waals surface area contributed by atoms with Crippen molar-refractivity contribution in [2.75, 3.05) is 12.4 Å². The van der Waals surface area contributed by atoms with E-state index in [-0.39, 0.29) is 12.0 Å². The van der Waals surface area contributed by atoms with Gasteiger partial charge in [0.05, 0.1) is 17.2 Å². The highest BCUT2D eigenvalue weighted by Crippen LogP contribution is 2.34. The van der Waals surface area contributed by atoms with E-state index in [1.165, 1.54) is 0 Å². The Kier molecular flexibility index (Phi) is 5.20. The van der Waals surface area contributed by atoms with E-state index in [1.807, 2.05) is 32.9 Å². The Morgan fingerprint density at radius 1 is 1.36 bits per heavy atom. The molecule has 1 aliphatic rings. The van der Waals surface area contributed by atoms with Crippen molar-refractivity contribution in [1.82, 2.24) is 0 Å². The summed E-state index contributed by atoms with van der Waals surface area (Å²) in [5, 5.41) is 13.2. The monoisotopic (exact) mass is 322 g/mol. The van der Waals surface area contributed by atoms with Crippen LogP contribution < -0.4 is 10.1 Å². The lowest BCUT2D eigenvalue weighted by atomic mass is 9.90. The molecule has 1 aromatic rings. The third-order valence-electron chi connectivity index (χ3n) is 4.40. The third-order valence-corrected chi connectivity index (χ3v) is 4.70. The van der Waals surface area contributed by atoms with Gasteiger partial charge >= 0.3 is 0 Å². The van der Waals surface area contributed by atoms with Crippen molar-refractivity contribution >= 4 is 17.3 Å². The predicted molar refractivity (Wildman–Crippen MR) is 88.4 cm³/mol. The van der Waals surface area contributed by atoms with Gasteiger partial charge in [0.1, 0.15) is 17.4 Å². The van der Waals surface area contributed by atoms with Gasteiger partial charge in [-0.25, -0.2) is 0 Å². The van der Waals surface area contributed by atoms with Gasteiger partial charge < -0.3 is 14.8 Å². The van der Waals surface area contributed by atoms with Gasteiger partial charge in [0, 0.05) is 25.6 Å². The minimum Gasteiger partial charge on any atom is -0.489 e. The van der Waals surface area contributed by atoms with Crippen molar-refractivity contribution < 1.29 is 9.47 Å². The van der Waals surface area contributed by atoms with Gasteiger partial charge in [-0.05, 0) is 31.0 Å². The van der Waals surface area contributed by atoms with Crippen molar-refractivity contribution in [2.24, 2.45) is 5.92 Å². The molecule has 120 valence electrons. The molecule has 4 nitrogen and oxygen atoms in total. The Bertz CT molecular complexity index is 564. The highest BCUT2D eigenvalue weighted by molar-refractivity contribution is 6.32. The fourth-order valence-electron chi connectivity index (χ4n) is 2.26. The molecule has 1 atom stereocenters. The first-order valence-electron chi connectivity index (χ1n) is 7.56. The lowest BCUT2D eigenvalue weighted by Gasteiger charge is -2.34. The van der Waals surface area contributed by atoms with E-state index < -0.39 is 5.54 Å². The topological polar surface area (TPSA) is 54.3 Å². The Balaban J connectivity index is 2.02. The van der Waals surface area contributed by atoms with Crippen LogP contribution in [0.5, 0.6) is 5.75 Å². The highest BCUT2D eigenvalue weighted by atomic mass is 35.5. The van der Waals surface area contributed by atoms with E-state index >= 15 is 0 Å². The van der Waals surface area contributed by atoms with Crippen LogP contribution in [0, 0.1) is 17.2 Å². The zero-order chi connectivity index (χ0) is 16.3. The van der Waals surface area contributed by atoms with Gasteiger partial charge in [-0.3, -0.25) is 0 Å². The standard InChI is InChI=1S/C17H23ClN2O2/c1-11(2)17(3,10-19)20-12-5-6-16(15(18)7-12)22-14-8-13(9-14)21-4/h5-7,11,13-14,20H,8-9H2,1-4H3. The number of rotatable bonds is 6. The summed E-state index contributed by atoms with van der Waals surface area (Å²) < 4.78 is 11.1. The van der Waals surface area contributed by atoms with Crippen molar-refractivity contribution in [2.45, 2.75) is 51.4 Å². The molecule has 0 amide bonds. The van der Waals surface area contributed by atoms with E-state index in [1.54, 1.807) is 13.2 Å². The quantitative estimate of drug-likeness (QED) is 0.850. The Hall–Kier alpha value is -1.44. The molecular formula is C17H23ClN2O2. The second kappa shape index (κ2) is 6.76. The summed E-state index contributed by atoms with van der Waals surface area (Å²) in [5.41, 5.74) is 0.184. The van der Waals surface area contributed by atoms with Crippen molar-refractivity contribution in [3.8, 4) is 11.8 Å². The normalized spacial score (nSPS) is 23.3. The molecule has 2 rings (SSSR count). The van der Waals surface area contributed by atoms with E-state index in [9.17, 15) is 5.26 Å². The van der Waals surface area contributed by atoms with Crippen LogP contribution in [0.2, 0.25) is 5.02 Å². The maximum absolute atomic E-state index is 9.37. The molecular weight excluding hydrogens is 300 g/mol. The van der Waals surface area contributed by atoms with E-state index in [0.717, 1.165) is 18.5 Å². The van der Waals surface area contributed by atoms with Crippen LogP contribution in [0.3, 0.4) is 0 Å². The first-order chi connectivity index (χ1) is 10.4. The first-order valence-corrected chi connectivity index (χ1v) is 7.94. The summed E-state index contributed by atoms with van der Waals surface area (Å²) in [6.07, 6.45) is 2.26. The van der Waals surface area contributed by atoms with Crippen molar-refractivity contribution in [1.29, 1.82) is 5.26 Å². The molecule has 0 heterocycles. The number of ether oxygens (including phenoxy) is 2. The summed E-state index contributed by atoms with van der Waals surface area (Å²) >= 11 is 6.30. The van der Waals surface area contributed by atoms with E-state index in [0.29, 0.717) is 16.9 Å². The molecule has 5 heteroatoms. The molecule has 22 heavy (non-hydrogen) atoms. The molecule has 0 bridgehead atoms. The van der Waals surface area contributed by atoms with Crippen LogP contribution in [-0.2, 0) is 4.74 Å². The molecule has 0 aliphatic heterocycles. The van der Waals surface area contributed by atoms with Crippen LogP contribution in [0.4, 0.5) is 5.69 Å². The highest BCUT2D eigenvalue weighted by Gasteiger charge is 2.31. The molecule has 0 radical (unpaired) electrons. The molecule has 1 saturated carbocycles. The number of anilines is 1. The lowest BCUT2D eigenvalue weighted by Crippen LogP contribution is -2.39. The van der Waals surface area contributed by atoms with Gasteiger partial charge in [0.15, 0.2) is 0 Å². The fraction of sp³-hybridized carbons (Fsp3) is 0.588. The molecule has 0 aromatic heterocycles. The number of nitriles is 1. The van der Waals surface area contributed by atoms with Gasteiger partial charge in [-0.1, -0.05) is 25.4 Å². The number of nitrogens with zero attached hydrogens (tertiary/aromatic N) is 1. The number of hydrogen-bond donors (Lipinski definition) is 1. The summed E-state index contributed by atoms with van der Waals surface area (Å²) in [4.78, 5) is 0. The summed E-state index contributed by atoms with van der Waals surface area (Å²) in [5.74, 6) is 0.850. The SMILES string of the molecule is COC1CC(Oc2ccc(NC(C)(C#N)C(C)C)cc2Cl)C1. The number of hydrogen-bond acceptors (Lipinski definition) is 4. The second-order valence-corrected chi connectivity index (χ2v) is 6.72. The Morgan fingerprint density at radius 3 is 2.55 bits per heavy atom. The molecule has 1 aromatic carbocycles. The van der Waals surface area contributed by atoms with Crippen molar-refractivity contribution in [3.63, 3.8) is 0 Å². The van der Waals surface area contributed by atoms with Gasteiger partial charge in [0.25, 0.3) is 0 Å². The zero-order valence-electron chi connectivity index (χ0n) is 13.5.